The second kappa shape index (κ2) is 8.20. The minimum Gasteiger partial charge on any atom is -0.478 e. The van der Waals surface area contributed by atoms with Crippen LogP contribution in [-0.4, -0.2) is 49.9 Å². The highest BCUT2D eigenvalue weighted by Crippen LogP contribution is 2.32. The number of halogens is 3. The molecule has 25 heavy (non-hydrogen) atoms. The van der Waals surface area contributed by atoms with E-state index in [1.807, 2.05) is 0 Å². The smallest absolute Gasteiger partial charge is 0.431 e. The van der Waals surface area contributed by atoms with Gasteiger partial charge in [-0.2, -0.15) is 13.2 Å². The van der Waals surface area contributed by atoms with Crippen molar-refractivity contribution in [2.75, 3.05) is 12.0 Å². The van der Waals surface area contributed by atoms with E-state index in [0.717, 1.165) is 6.26 Å². The van der Waals surface area contributed by atoms with Crippen LogP contribution in [-0.2, 0) is 14.6 Å². The van der Waals surface area contributed by atoms with E-state index >= 15 is 0 Å². The van der Waals surface area contributed by atoms with Gasteiger partial charge in [0.05, 0.1) is 11.3 Å². The quantitative estimate of drug-likeness (QED) is 0.461. The lowest BCUT2D eigenvalue weighted by Crippen LogP contribution is -2.40. The molecule has 0 saturated heterocycles. The van der Waals surface area contributed by atoms with E-state index in [2.05, 4.69) is 5.32 Å². The number of nitrogens with one attached hydrogen (secondary N) is 2. The Morgan fingerprint density at radius 3 is 2.20 bits per heavy atom. The second-order valence-electron chi connectivity index (χ2n) is 6.50. The molecule has 0 aromatic carbocycles. The van der Waals surface area contributed by atoms with Gasteiger partial charge < -0.3 is 15.8 Å². The Balaban J connectivity index is 2.96. The van der Waals surface area contributed by atoms with Crippen molar-refractivity contribution in [2.24, 2.45) is 11.8 Å². The normalized spacial score (nSPS) is 24.2. The van der Waals surface area contributed by atoms with E-state index in [-0.39, 0.29) is 11.7 Å². The van der Waals surface area contributed by atoms with Gasteiger partial charge in [0.25, 0.3) is 0 Å². The summed E-state index contributed by atoms with van der Waals surface area (Å²) in [6.07, 6.45) is -1.54. The molecule has 0 radical (unpaired) electrons. The summed E-state index contributed by atoms with van der Waals surface area (Å²) >= 11 is 0. The Morgan fingerprint density at radius 1 is 1.32 bits per heavy atom. The molecule has 0 amide bonds. The molecule has 1 atom stereocenters. The van der Waals surface area contributed by atoms with Gasteiger partial charge in [0.2, 0.25) is 0 Å². The molecule has 1 rings (SSSR count). The summed E-state index contributed by atoms with van der Waals surface area (Å²) in [6, 6.07) is -0.584. The lowest BCUT2D eigenvalue weighted by molar-refractivity contribution is -0.135. The van der Waals surface area contributed by atoms with Crippen LogP contribution in [0.5, 0.6) is 0 Å². The molecule has 0 aromatic rings. The van der Waals surface area contributed by atoms with E-state index in [0.29, 0.717) is 31.9 Å². The first-order valence-corrected chi connectivity index (χ1v) is 9.90. The molecular weight excluding hydrogens is 361 g/mol. The molecule has 3 N–H and O–H groups in total. The SMILES string of the molecule is C[C@H](C=N)/C(C(=O)O)=C(\NC1CCC(CS(C)(=O)=O)CC1)C(F)(F)F. The van der Waals surface area contributed by atoms with Gasteiger partial charge in [0.15, 0.2) is 0 Å². The molecule has 0 unspecified atom stereocenters. The number of alkyl halides is 3. The molecule has 0 heterocycles. The maximum Gasteiger partial charge on any atom is 0.431 e. The van der Waals surface area contributed by atoms with Gasteiger partial charge in [-0.1, -0.05) is 6.92 Å². The lowest BCUT2D eigenvalue weighted by Gasteiger charge is -2.31. The molecular formula is C15H23F3N2O4S. The van der Waals surface area contributed by atoms with E-state index in [9.17, 15) is 26.4 Å². The molecule has 1 fully saturated rings. The van der Waals surface area contributed by atoms with Crippen molar-refractivity contribution in [3.8, 4) is 0 Å². The van der Waals surface area contributed by atoms with Crippen LogP contribution in [0.2, 0.25) is 0 Å². The van der Waals surface area contributed by atoms with Crippen LogP contribution in [0.4, 0.5) is 13.2 Å². The first-order chi connectivity index (χ1) is 11.3. The average Bonchev–Trinajstić information content (AvgIpc) is 2.45. The number of rotatable bonds is 7. The monoisotopic (exact) mass is 384 g/mol. The molecule has 0 bridgehead atoms. The third-order valence-electron chi connectivity index (χ3n) is 4.22. The Morgan fingerprint density at radius 2 is 1.84 bits per heavy atom. The fourth-order valence-corrected chi connectivity index (χ4v) is 4.22. The Labute approximate surface area is 144 Å². The highest BCUT2D eigenvalue weighted by Gasteiger charge is 2.41. The van der Waals surface area contributed by atoms with Gasteiger partial charge in [0.1, 0.15) is 15.5 Å². The average molecular weight is 384 g/mol. The van der Waals surface area contributed by atoms with E-state index in [4.69, 9.17) is 10.5 Å². The minimum absolute atomic E-state index is 0.00685. The summed E-state index contributed by atoms with van der Waals surface area (Å²) in [5.41, 5.74) is -2.22. The highest BCUT2D eigenvalue weighted by atomic mass is 32.2. The maximum atomic E-state index is 13.3. The summed E-state index contributed by atoms with van der Waals surface area (Å²) < 4.78 is 62.6. The van der Waals surface area contributed by atoms with Gasteiger partial charge in [-0.25, -0.2) is 13.2 Å². The van der Waals surface area contributed by atoms with Crippen LogP contribution in [0, 0.1) is 17.2 Å². The number of hydrogen-bond donors (Lipinski definition) is 3. The van der Waals surface area contributed by atoms with Crippen molar-refractivity contribution >= 4 is 22.0 Å². The number of sulfone groups is 1. The summed E-state index contributed by atoms with van der Waals surface area (Å²) in [6.45, 7) is 1.22. The predicted octanol–water partition coefficient (Wildman–Crippen LogP) is 2.37. The maximum absolute atomic E-state index is 13.3. The zero-order valence-corrected chi connectivity index (χ0v) is 14.9. The molecule has 144 valence electrons. The van der Waals surface area contributed by atoms with Crippen molar-refractivity contribution in [2.45, 2.75) is 44.8 Å². The van der Waals surface area contributed by atoms with Crippen molar-refractivity contribution in [3.63, 3.8) is 0 Å². The van der Waals surface area contributed by atoms with Crippen LogP contribution in [0.25, 0.3) is 0 Å². The van der Waals surface area contributed by atoms with Gasteiger partial charge in [-0.15, -0.1) is 0 Å². The number of aliphatic carboxylic acids is 1. The van der Waals surface area contributed by atoms with E-state index in [1.165, 1.54) is 6.92 Å². The van der Waals surface area contributed by atoms with Crippen molar-refractivity contribution in [1.82, 2.24) is 5.32 Å². The second-order valence-corrected chi connectivity index (χ2v) is 8.69. The first-order valence-electron chi connectivity index (χ1n) is 7.84. The summed E-state index contributed by atoms with van der Waals surface area (Å²) in [4.78, 5) is 11.3. The van der Waals surface area contributed by atoms with E-state index in [1.54, 1.807) is 0 Å². The van der Waals surface area contributed by atoms with Crippen LogP contribution in [0.3, 0.4) is 0 Å². The molecule has 0 spiro atoms. The van der Waals surface area contributed by atoms with Crippen LogP contribution in [0.1, 0.15) is 32.6 Å². The van der Waals surface area contributed by atoms with Crippen molar-refractivity contribution in [3.05, 3.63) is 11.3 Å². The van der Waals surface area contributed by atoms with Crippen LogP contribution in [0.15, 0.2) is 11.3 Å². The van der Waals surface area contributed by atoms with Crippen LogP contribution >= 0.6 is 0 Å². The minimum atomic E-state index is -4.88. The largest absolute Gasteiger partial charge is 0.478 e. The number of carboxylic acids is 1. The van der Waals surface area contributed by atoms with Crippen molar-refractivity contribution in [1.29, 1.82) is 5.41 Å². The zero-order valence-electron chi connectivity index (χ0n) is 14.1. The molecule has 1 aliphatic carbocycles. The summed E-state index contributed by atoms with van der Waals surface area (Å²) in [7, 11) is -3.14. The molecule has 1 aliphatic rings. The van der Waals surface area contributed by atoms with Crippen LogP contribution < -0.4 is 5.32 Å². The number of allylic oxidation sites excluding steroid dienone is 1. The predicted molar refractivity (Wildman–Crippen MR) is 87.3 cm³/mol. The fraction of sp³-hybridized carbons (Fsp3) is 0.733. The number of carboxylic acid groups (broad SMARTS) is 1. The number of carbonyl (C=O) groups is 1. The Hall–Kier alpha value is -1.58. The molecule has 1 saturated carbocycles. The van der Waals surface area contributed by atoms with Crippen molar-refractivity contribution < 1.29 is 31.5 Å². The first kappa shape index (κ1) is 21.5. The highest BCUT2D eigenvalue weighted by molar-refractivity contribution is 7.90. The Bertz CT molecular complexity index is 636. The van der Waals surface area contributed by atoms with Gasteiger partial charge in [-0.05, 0) is 31.6 Å². The molecule has 6 nitrogen and oxygen atoms in total. The standard InChI is InChI=1S/C15H23F3N2O4S/c1-9(7-19)12(14(21)22)13(15(16,17)18)20-11-5-3-10(4-6-11)8-25(2,23)24/h7,9-11,19-20H,3-6,8H2,1-2H3,(H,21,22)/b13-12+,19-7?/t9-,10?,11?/m1/s1. The summed E-state index contributed by atoms with van der Waals surface area (Å²) in [5, 5.41) is 18.5. The zero-order chi connectivity index (χ0) is 19.4. The fourth-order valence-electron chi connectivity index (χ4n) is 3.03. The third-order valence-corrected chi connectivity index (χ3v) is 5.30. The molecule has 0 aliphatic heterocycles. The number of hydrogen-bond acceptors (Lipinski definition) is 5. The van der Waals surface area contributed by atoms with Gasteiger partial charge in [-0.3, -0.25) is 0 Å². The lowest BCUT2D eigenvalue weighted by atomic mass is 9.86. The van der Waals surface area contributed by atoms with Gasteiger partial charge >= 0.3 is 12.1 Å². The van der Waals surface area contributed by atoms with Gasteiger partial charge in [0, 0.05) is 24.4 Å². The molecule has 10 heteroatoms. The topological polar surface area (TPSA) is 107 Å². The Kier molecular flexibility index (Phi) is 7.04. The van der Waals surface area contributed by atoms with E-state index < -0.39 is 45.2 Å². The molecule has 0 aromatic heterocycles. The third kappa shape index (κ3) is 6.68. The summed E-state index contributed by atoms with van der Waals surface area (Å²) in [5.74, 6) is -3.00.